The van der Waals surface area contributed by atoms with E-state index >= 15 is 0 Å². The fraction of sp³-hybridized carbons (Fsp3) is 0.273. The van der Waals surface area contributed by atoms with Crippen LogP contribution in [-0.2, 0) is 16.6 Å². The summed E-state index contributed by atoms with van der Waals surface area (Å²) in [6.45, 7) is 1.49. The van der Waals surface area contributed by atoms with E-state index < -0.39 is 15.8 Å². The fourth-order valence-corrected chi connectivity index (χ4v) is 5.47. The van der Waals surface area contributed by atoms with E-state index in [9.17, 15) is 17.6 Å². The largest absolute Gasteiger partial charge is 0.487 e. The maximum Gasteiger partial charge on any atom is 0.254 e. The molecule has 0 unspecified atom stereocenters. The third-order valence-electron chi connectivity index (χ3n) is 5.14. The maximum atomic E-state index is 13.2. The molecule has 1 aliphatic rings. The molecule has 0 radical (unpaired) electrons. The summed E-state index contributed by atoms with van der Waals surface area (Å²) in [5.74, 6) is -0.0984. The molecule has 2 aromatic carbocycles. The number of thiazole rings is 1. The standard InChI is InChI=1S/C22H22FN3O4S2/c23-18-5-7-21(8-6-18)32(28,29)26-10-2-9-25(11-12-26)22(27)17-3-1-4-20(13-17)30-14-19-15-31-16-24-19/h1,3-8,13,15-16H,2,9-12,14H2. The molecule has 1 fully saturated rings. The van der Waals surface area contributed by atoms with Crippen LogP contribution < -0.4 is 4.74 Å². The van der Waals surface area contributed by atoms with Crippen LogP contribution in [0, 0.1) is 5.82 Å². The molecule has 1 saturated heterocycles. The van der Waals surface area contributed by atoms with E-state index in [1.165, 1.54) is 27.8 Å². The lowest BCUT2D eigenvalue weighted by Crippen LogP contribution is -2.37. The molecule has 1 amide bonds. The highest BCUT2D eigenvalue weighted by atomic mass is 32.2. The second-order valence-corrected chi connectivity index (χ2v) is 9.96. The Kier molecular flexibility index (Phi) is 6.83. The van der Waals surface area contributed by atoms with Crippen molar-refractivity contribution < 1.29 is 22.3 Å². The van der Waals surface area contributed by atoms with Gasteiger partial charge in [0.25, 0.3) is 5.91 Å². The number of benzene rings is 2. The van der Waals surface area contributed by atoms with Crippen molar-refractivity contribution in [1.29, 1.82) is 0 Å². The summed E-state index contributed by atoms with van der Waals surface area (Å²) in [6.07, 6.45) is 0.506. The monoisotopic (exact) mass is 475 g/mol. The van der Waals surface area contributed by atoms with E-state index in [4.69, 9.17) is 4.74 Å². The third-order valence-corrected chi connectivity index (χ3v) is 7.69. The Hall–Kier alpha value is -2.82. The minimum absolute atomic E-state index is 0.0450. The van der Waals surface area contributed by atoms with Crippen LogP contribution in [0.15, 0.2) is 64.3 Å². The number of rotatable bonds is 6. The molecule has 7 nitrogen and oxygen atoms in total. The second kappa shape index (κ2) is 9.76. The van der Waals surface area contributed by atoms with Crippen molar-refractivity contribution in [2.24, 2.45) is 0 Å². The summed E-state index contributed by atoms with van der Waals surface area (Å²) < 4.78 is 46.0. The molecule has 0 atom stereocenters. The number of amides is 1. The number of aromatic nitrogens is 1. The molecule has 0 N–H and O–H groups in total. The van der Waals surface area contributed by atoms with Crippen molar-refractivity contribution in [3.8, 4) is 5.75 Å². The minimum Gasteiger partial charge on any atom is -0.487 e. The molecule has 32 heavy (non-hydrogen) atoms. The van der Waals surface area contributed by atoms with Gasteiger partial charge in [0.2, 0.25) is 10.0 Å². The van der Waals surface area contributed by atoms with E-state index in [1.54, 1.807) is 34.7 Å². The van der Waals surface area contributed by atoms with E-state index in [1.807, 2.05) is 5.38 Å². The first kappa shape index (κ1) is 22.4. The lowest BCUT2D eigenvalue weighted by molar-refractivity contribution is 0.0763. The number of sulfonamides is 1. The summed E-state index contributed by atoms with van der Waals surface area (Å²) in [7, 11) is -3.75. The Morgan fingerprint density at radius 1 is 1.09 bits per heavy atom. The van der Waals surface area contributed by atoms with Gasteiger partial charge in [-0.25, -0.2) is 17.8 Å². The van der Waals surface area contributed by atoms with Crippen molar-refractivity contribution >= 4 is 27.3 Å². The first-order chi connectivity index (χ1) is 15.4. The van der Waals surface area contributed by atoms with Crippen molar-refractivity contribution in [2.45, 2.75) is 17.9 Å². The van der Waals surface area contributed by atoms with Gasteiger partial charge in [0, 0.05) is 37.1 Å². The molecule has 0 saturated carbocycles. The molecule has 0 aliphatic carbocycles. The zero-order valence-corrected chi connectivity index (χ0v) is 18.8. The Bertz CT molecular complexity index is 1170. The molecule has 168 valence electrons. The number of halogens is 1. The molecule has 3 aromatic rings. The fourth-order valence-electron chi connectivity index (χ4n) is 3.46. The van der Waals surface area contributed by atoms with Crippen molar-refractivity contribution in [3.05, 3.63) is 76.5 Å². The van der Waals surface area contributed by atoms with Crippen LogP contribution in [0.25, 0.3) is 0 Å². The maximum absolute atomic E-state index is 13.2. The van der Waals surface area contributed by atoms with Crippen LogP contribution in [0.5, 0.6) is 5.75 Å². The number of hydrogen-bond acceptors (Lipinski definition) is 6. The van der Waals surface area contributed by atoms with Gasteiger partial charge in [-0.3, -0.25) is 4.79 Å². The topological polar surface area (TPSA) is 79.8 Å². The summed E-state index contributed by atoms with van der Waals surface area (Å²) in [5, 5.41) is 1.90. The zero-order chi connectivity index (χ0) is 22.6. The van der Waals surface area contributed by atoms with E-state index in [0.717, 1.165) is 17.8 Å². The van der Waals surface area contributed by atoms with Crippen LogP contribution in [0.3, 0.4) is 0 Å². The van der Waals surface area contributed by atoms with E-state index in [2.05, 4.69) is 4.98 Å². The van der Waals surface area contributed by atoms with Gasteiger partial charge in [-0.15, -0.1) is 11.3 Å². The number of carbonyl (C=O) groups excluding carboxylic acids is 1. The molecule has 10 heteroatoms. The molecule has 1 aliphatic heterocycles. The van der Waals surface area contributed by atoms with Crippen LogP contribution >= 0.6 is 11.3 Å². The van der Waals surface area contributed by atoms with Crippen molar-refractivity contribution in [2.75, 3.05) is 26.2 Å². The predicted molar refractivity (Wildman–Crippen MR) is 119 cm³/mol. The lowest BCUT2D eigenvalue weighted by atomic mass is 10.2. The predicted octanol–water partition coefficient (Wildman–Crippen LogP) is 3.40. The first-order valence-corrected chi connectivity index (χ1v) is 12.5. The lowest BCUT2D eigenvalue weighted by Gasteiger charge is -2.22. The quantitative estimate of drug-likeness (QED) is 0.546. The molecule has 0 bridgehead atoms. The number of hydrogen-bond donors (Lipinski definition) is 0. The Balaban J connectivity index is 1.41. The highest BCUT2D eigenvalue weighted by Gasteiger charge is 2.28. The van der Waals surface area contributed by atoms with Gasteiger partial charge in [0.1, 0.15) is 18.2 Å². The Morgan fingerprint density at radius 2 is 1.91 bits per heavy atom. The van der Waals surface area contributed by atoms with Crippen LogP contribution in [-0.4, -0.2) is 54.7 Å². The smallest absolute Gasteiger partial charge is 0.254 e. The van der Waals surface area contributed by atoms with Gasteiger partial charge in [0.15, 0.2) is 0 Å². The summed E-state index contributed by atoms with van der Waals surface area (Å²) >= 11 is 1.49. The highest BCUT2D eigenvalue weighted by molar-refractivity contribution is 7.89. The van der Waals surface area contributed by atoms with Gasteiger partial charge in [-0.05, 0) is 48.9 Å². The van der Waals surface area contributed by atoms with E-state index in [-0.39, 0.29) is 23.9 Å². The summed E-state index contributed by atoms with van der Waals surface area (Å²) in [6, 6.07) is 11.7. The average molecular weight is 476 g/mol. The number of nitrogens with zero attached hydrogens (tertiary/aromatic N) is 3. The molecule has 0 spiro atoms. The zero-order valence-electron chi connectivity index (χ0n) is 17.2. The van der Waals surface area contributed by atoms with Gasteiger partial charge < -0.3 is 9.64 Å². The van der Waals surface area contributed by atoms with Gasteiger partial charge >= 0.3 is 0 Å². The Morgan fingerprint density at radius 3 is 2.66 bits per heavy atom. The average Bonchev–Trinajstić information content (AvgIpc) is 3.19. The molecule has 1 aromatic heterocycles. The van der Waals surface area contributed by atoms with E-state index in [0.29, 0.717) is 37.4 Å². The number of ether oxygens (including phenoxy) is 1. The summed E-state index contributed by atoms with van der Waals surface area (Å²) in [4.78, 5) is 18.9. The molecule has 2 heterocycles. The number of carbonyl (C=O) groups is 1. The van der Waals surface area contributed by atoms with Crippen LogP contribution in [0.2, 0.25) is 0 Å². The SMILES string of the molecule is O=C(c1cccc(OCc2cscn2)c1)N1CCCN(S(=O)(=O)c2ccc(F)cc2)CC1. The van der Waals surface area contributed by atoms with Crippen LogP contribution in [0.1, 0.15) is 22.5 Å². The normalized spacial score (nSPS) is 15.3. The van der Waals surface area contributed by atoms with Gasteiger partial charge in [-0.2, -0.15) is 4.31 Å². The highest BCUT2D eigenvalue weighted by Crippen LogP contribution is 2.21. The molecule has 4 rings (SSSR count). The van der Waals surface area contributed by atoms with Crippen molar-refractivity contribution in [1.82, 2.24) is 14.2 Å². The van der Waals surface area contributed by atoms with Gasteiger partial charge in [-0.1, -0.05) is 6.07 Å². The second-order valence-electron chi connectivity index (χ2n) is 7.30. The molecular weight excluding hydrogens is 453 g/mol. The van der Waals surface area contributed by atoms with Gasteiger partial charge in [0.05, 0.1) is 16.1 Å². The minimum atomic E-state index is -3.75. The molecular formula is C22H22FN3O4S2. The Labute approximate surface area is 190 Å². The van der Waals surface area contributed by atoms with Crippen molar-refractivity contribution in [3.63, 3.8) is 0 Å². The first-order valence-electron chi connectivity index (χ1n) is 10.1. The van der Waals surface area contributed by atoms with Crippen LogP contribution in [0.4, 0.5) is 4.39 Å². The summed E-state index contributed by atoms with van der Waals surface area (Å²) in [5.41, 5.74) is 3.04. The third kappa shape index (κ3) is 5.14.